The lowest BCUT2D eigenvalue weighted by Gasteiger charge is -2.08. The highest BCUT2D eigenvalue weighted by Gasteiger charge is 2.09. The Bertz CT molecular complexity index is 550. The maximum absolute atomic E-state index is 11.6. The lowest BCUT2D eigenvalue weighted by atomic mass is 10.1. The zero-order valence-corrected chi connectivity index (χ0v) is 11.6. The Morgan fingerprint density at radius 3 is 2.80 bits per heavy atom. The molecule has 0 spiro atoms. The first-order valence-corrected chi connectivity index (χ1v) is 6.78. The van der Waals surface area contributed by atoms with E-state index in [1.807, 2.05) is 54.2 Å². The largest absolute Gasteiger partial charge is 0.355 e. The third kappa shape index (κ3) is 3.68. The van der Waals surface area contributed by atoms with E-state index in [-0.39, 0.29) is 11.8 Å². The lowest BCUT2D eigenvalue weighted by Crippen LogP contribution is -2.34. The van der Waals surface area contributed by atoms with Gasteiger partial charge in [0.15, 0.2) is 0 Å². The average Bonchev–Trinajstić information content (AvgIpc) is 2.96. The molecular weight excluding hydrogens is 252 g/mol. The Morgan fingerprint density at radius 1 is 1.35 bits per heavy atom. The normalized spacial score (nSPS) is 12.1. The molecule has 0 saturated heterocycles. The van der Waals surface area contributed by atoms with Gasteiger partial charge in [0.05, 0.1) is 11.4 Å². The highest BCUT2D eigenvalue weighted by atomic mass is 16.1. The van der Waals surface area contributed by atoms with E-state index in [2.05, 4.69) is 10.4 Å². The zero-order valence-electron chi connectivity index (χ0n) is 11.6. The molecule has 5 nitrogen and oxygen atoms in total. The van der Waals surface area contributed by atoms with E-state index in [1.54, 1.807) is 0 Å². The van der Waals surface area contributed by atoms with Gasteiger partial charge in [-0.05, 0) is 18.2 Å². The van der Waals surface area contributed by atoms with Crippen molar-refractivity contribution in [2.75, 3.05) is 13.1 Å². The van der Waals surface area contributed by atoms with Crippen LogP contribution in [0.5, 0.6) is 0 Å². The number of nitrogens with one attached hydrogen (secondary N) is 1. The Kier molecular flexibility index (Phi) is 4.90. The molecular formula is C15H20N4O. The van der Waals surface area contributed by atoms with Gasteiger partial charge in [0.25, 0.3) is 0 Å². The molecule has 5 heteroatoms. The predicted molar refractivity (Wildman–Crippen MR) is 78.5 cm³/mol. The standard InChI is InChI=1S/C15H20N4O/c1-12(11-16)15(20)17-9-7-13-8-10-19(18-13)14-5-3-2-4-6-14/h2-6,8,10,12H,7,9,11,16H2,1H3,(H,17,20). The number of carbonyl (C=O) groups is 1. The van der Waals surface area contributed by atoms with Crippen LogP contribution in [0.3, 0.4) is 0 Å². The molecule has 106 valence electrons. The fourth-order valence-electron chi connectivity index (χ4n) is 1.81. The monoisotopic (exact) mass is 272 g/mol. The number of carbonyl (C=O) groups excluding carboxylic acids is 1. The number of nitrogens with zero attached hydrogens (tertiary/aromatic N) is 2. The number of nitrogens with two attached hydrogens (primary N) is 1. The van der Waals surface area contributed by atoms with Crippen molar-refractivity contribution in [3.63, 3.8) is 0 Å². The number of amides is 1. The van der Waals surface area contributed by atoms with E-state index in [1.165, 1.54) is 0 Å². The number of aromatic nitrogens is 2. The number of hydrogen-bond donors (Lipinski definition) is 2. The van der Waals surface area contributed by atoms with Gasteiger partial charge in [-0.25, -0.2) is 4.68 Å². The number of rotatable bonds is 6. The Hall–Kier alpha value is -2.14. The maximum Gasteiger partial charge on any atom is 0.224 e. The SMILES string of the molecule is CC(CN)C(=O)NCCc1ccn(-c2ccccc2)n1. The van der Waals surface area contributed by atoms with Crippen molar-refractivity contribution in [1.82, 2.24) is 15.1 Å². The summed E-state index contributed by atoms with van der Waals surface area (Å²) in [5, 5.41) is 7.35. The molecule has 1 heterocycles. The molecule has 1 atom stereocenters. The molecule has 20 heavy (non-hydrogen) atoms. The average molecular weight is 272 g/mol. The van der Waals surface area contributed by atoms with Gasteiger partial charge in [-0.2, -0.15) is 5.10 Å². The van der Waals surface area contributed by atoms with Gasteiger partial charge in [-0.15, -0.1) is 0 Å². The first kappa shape index (κ1) is 14.3. The zero-order chi connectivity index (χ0) is 14.4. The van der Waals surface area contributed by atoms with Crippen LogP contribution in [0, 0.1) is 5.92 Å². The Morgan fingerprint density at radius 2 is 2.10 bits per heavy atom. The smallest absolute Gasteiger partial charge is 0.224 e. The molecule has 0 saturated carbocycles. The van der Waals surface area contributed by atoms with E-state index in [0.717, 1.165) is 11.4 Å². The molecule has 1 aromatic heterocycles. The van der Waals surface area contributed by atoms with Gasteiger partial charge in [0.2, 0.25) is 5.91 Å². The fraction of sp³-hybridized carbons (Fsp3) is 0.333. The van der Waals surface area contributed by atoms with Crippen molar-refractivity contribution >= 4 is 5.91 Å². The van der Waals surface area contributed by atoms with Gasteiger partial charge in [-0.1, -0.05) is 25.1 Å². The van der Waals surface area contributed by atoms with Gasteiger partial charge in [0.1, 0.15) is 0 Å². The van der Waals surface area contributed by atoms with Crippen LogP contribution in [0.2, 0.25) is 0 Å². The summed E-state index contributed by atoms with van der Waals surface area (Å²) in [7, 11) is 0. The van der Waals surface area contributed by atoms with Crippen molar-refractivity contribution in [3.8, 4) is 5.69 Å². The van der Waals surface area contributed by atoms with Crippen molar-refractivity contribution < 1.29 is 4.79 Å². The van der Waals surface area contributed by atoms with E-state index in [0.29, 0.717) is 19.5 Å². The molecule has 1 aromatic carbocycles. The van der Waals surface area contributed by atoms with E-state index in [4.69, 9.17) is 5.73 Å². The summed E-state index contributed by atoms with van der Waals surface area (Å²) >= 11 is 0. The summed E-state index contributed by atoms with van der Waals surface area (Å²) in [5.41, 5.74) is 7.43. The van der Waals surface area contributed by atoms with Crippen LogP contribution in [0.4, 0.5) is 0 Å². The third-order valence-electron chi connectivity index (χ3n) is 3.15. The minimum atomic E-state index is -0.142. The molecule has 0 bridgehead atoms. The minimum absolute atomic E-state index is 0.00464. The number of hydrogen-bond acceptors (Lipinski definition) is 3. The van der Waals surface area contributed by atoms with E-state index in [9.17, 15) is 4.79 Å². The highest BCUT2D eigenvalue weighted by Crippen LogP contribution is 2.06. The van der Waals surface area contributed by atoms with Crippen molar-refractivity contribution in [3.05, 3.63) is 48.3 Å². The second kappa shape index (κ2) is 6.86. The molecule has 2 rings (SSSR count). The third-order valence-corrected chi connectivity index (χ3v) is 3.15. The van der Waals surface area contributed by atoms with Crippen molar-refractivity contribution in [2.45, 2.75) is 13.3 Å². The van der Waals surface area contributed by atoms with Crippen LogP contribution in [-0.4, -0.2) is 28.8 Å². The lowest BCUT2D eigenvalue weighted by molar-refractivity contribution is -0.124. The van der Waals surface area contributed by atoms with Gasteiger partial charge in [-0.3, -0.25) is 4.79 Å². The van der Waals surface area contributed by atoms with Crippen LogP contribution in [0.25, 0.3) is 5.69 Å². The van der Waals surface area contributed by atoms with Crippen LogP contribution < -0.4 is 11.1 Å². The number of para-hydroxylation sites is 1. The molecule has 2 aromatic rings. The molecule has 0 fully saturated rings. The minimum Gasteiger partial charge on any atom is -0.355 e. The molecule has 1 amide bonds. The molecule has 0 aliphatic heterocycles. The summed E-state index contributed by atoms with van der Waals surface area (Å²) in [6.45, 7) is 2.77. The summed E-state index contributed by atoms with van der Waals surface area (Å²) < 4.78 is 1.83. The van der Waals surface area contributed by atoms with E-state index >= 15 is 0 Å². The van der Waals surface area contributed by atoms with Gasteiger partial charge in [0, 0.05) is 31.6 Å². The van der Waals surface area contributed by atoms with Crippen LogP contribution in [0.1, 0.15) is 12.6 Å². The topological polar surface area (TPSA) is 72.9 Å². The summed E-state index contributed by atoms with van der Waals surface area (Å²) in [6, 6.07) is 11.9. The Balaban J connectivity index is 1.86. The predicted octanol–water partition coefficient (Wildman–Crippen LogP) is 1.13. The first-order valence-electron chi connectivity index (χ1n) is 6.78. The van der Waals surface area contributed by atoms with Crippen LogP contribution in [0.15, 0.2) is 42.6 Å². The molecule has 3 N–H and O–H groups in total. The van der Waals surface area contributed by atoms with Crippen LogP contribution in [-0.2, 0) is 11.2 Å². The second-order valence-electron chi connectivity index (χ2n) is 4.76. The molecule has 1 unspecified atom stereocenters. The summed E-state index contributed by atoms with van der Waals surface area (Å²) in [6.07, 6.45) is 2.64. The van der Waals surface area contributed by atoms with Crippen molar-refractivity contribution in [1.29, 1.82) is 0 Å². The van der Waals surface area contributed by atoms with Crippen LogP contribution >= 0.6 is 0 Å². The second-order valence-corrected chi connectivity index (χ2v) is 4.76. The quantitative estimate of drug-likeness (QED) is 0.828. The first-order chi connectivity index (χ1) is 9.70. The van der Waals surface area contributed by atoms with Gasteiger partial charge < -0.3 is 11.1 Å². The summed E-state index contributed by atoms with van der Waals surface area (Å²) in [5.74, 6) is -0.146. The highest BCUT2D eigenvalue weighted by molar-refractivity contribution is 5.78. The summed E-state index contributed by atoms with van der Waals surface area (Å²) in [4.78, 5) is 11.6. The van der Waals surface area contributed by atoms with E-state index < -0.39 is 0 Å². The number of benzene rings is 1. The van der Waals surface area contributed by atoms with Gasteiger partial charge >= 0.3 is 0 Å². The molecule has 0 aliphatic carbocycles. The molecule has 0 radical (unpaired) electrons. The fourth-order valence-corrected chi connectivity index (χ4v) is 1.81. The van der Waals surface area contributed by atoms with Crippen molar-refractivity contribution in [2.24, 2.45) is 11.7 Å². The maximum atomic E-state index is 11.6. The molecule has 0 aliphatic rings. The Labute approximate surface area is 118 Å².